The zero-order valence-corrected chi connectivity index (χ0v) is 19.8. The molecule has 0 saturated carbocycles. The van der Waals surface area contributed by atoms with E-state index in [9.17, 15) is 14.4 Å². The van der Waals surface area contributed by atoms with Gasteiger partial charge in [0, 0.05) is 28.7 Å². The first-order chi connectivity index (χ1) is 15.9. The van der Waals surface area contributed by atoms with Crippen LogP contribution in [0, 0.1) is 0 Å². The fourth-order valence-corrected chi connectivity index (χ4v) is 4.69. The fourth-order valence-electron chi connectivity index (χ4n) is 3.34. The number of amides is 3. The van der Waals surface area contributed by atoms with E-state index in [1.165, 1.54) is 0 Å². The van der Waals surface area contributed by atoms with E-state index >= 15 is 0 Å². The third kappa shape index (κ3) is 5.70. The molecule has 2 fully saturated rings. The van der Waals surface area contributed by atoms with E-state index in [1.807, 2.05) is 0 Å². The summed E-state index contributed by atoms with van der Waals surface area (Å²) in [5.74, 6) is 0.0438. The first-order valence-electron chi connectivity index (χ1n) is 10.2. The first-order valence-corrected chi connectivity index (χ1v) is 11.8. The number of nitrogens with zero attached hydrogens (tertiary/aromatic N) is 2. The molecule has 0 aromatic heterocycles. The number of morpholine rings is 1. The van der Waals surface area contributed by atoms with Gasteiger partial charge in [0.1, 0.15) is 5.75 Å². The number of carbonyl (C=O) groups excluding carboxylic acids is 3. The normalized spacial score (nSPS) is 17.7. The monoisotopic (exact) mass is 506 g/mol. The molecule has 0 aliphatic carbocycles. The third-order valence-electron chi connectivity index (χ3n) is 5.16. The van der Waals surface area contributed by atoms with Crippen molar-refractivity contribution in [1.29, 1.82) is 0 Å². The molecule has 2 aromatic carbocycles. The quantitative estimate of drug-likeness (QED) is 0.538. The van der Waals surface area contributed by atoms with Gasteiger partial charge in [-0.05, 0) is 47.7 Å². The van der Waals surface area contributed by atoms with Crippen molar-refractivity contribution in [2.75, 3.05) is 32.9 Å². The number of hydrogen-bond acceptors (Lipinski definition) is 6. The Morgan fingerprint density at radius 3 is 2.39 bits per heavy atom. The standard InChI is InChI=1S/C23H20Cl2N2O5S/c24-18-2-1-3-19(25)17(18)13-27-22(29)20(33-23(27)30)12-15-4-6-16(7-5-15)32-14-21(28)26-8-10-31-11-9-26/h1-7,12H,8-11,13-14H2/b20-12-. The highest BCUT2D eigenvalue weighted by Crippen LogP contribution is 2.35. The minimum absolute atomic E-state index is 0.00443. The Morgan fingerprint density at radius 1 is 1.06 bits per heavy atom. The van der Waals surface area contributed by atoms with E-state index in [0.29, 0.717) is 52.6 Å². The summed E-state index contributed by atoms with van der Waals surface area (Å²) < 4.78 is 10.8. The van der Waals surface area contributed by atoms with Crippen molar-refractivity contribution < 1.29 is 23.9 Å². The summed E-state index contributed by atoms with van der Waals surface area (Å²) in [6.45, 7) is 2.17. The van der Waals surface area contributed by atoms with Crippen molar-refractivity contribution in [3.63, 3.8) is 0 Å². The summed E-state index contributed by atoms with van der Waals surface area (Å²) >= 11 is 13.2. The second-order valence-corrected chi connectivity index (χ2v) is 9.13. The van der Waals surface area contributed by atoms with Gasteiger partial charge in [0.2, 0.25) is 0 Å². The van der Waals surface area contributed by atoms with Crippen LogP contribution in [0.25, 0.3) is 6.08 Å². The molecule has 4 rings (SSSR count). The van der Waals surface area contributed by atoms with Gasteiger partial charge in [0.25, 0.3) is 17.1 Å². The van der Waals surface area contributed by atoms with E-state index in [0.717, 1.165) is 22.2 Å². The summed E-state index contributed by atoms with van der Waals surface area (Å²) in [5, 5.41) is 0.408. The van der Waals surface area contributed by atoms with E-state index < -0.39 is 5.91 Å². The molecule has 0 spiro atoms. The molecule has 2 aromatic rings. The molecule has 10 heteroatoms. The van der Waals surface area contributed by atoms with Gasteiger partial charge in [-0.1, -0.05) is 41.4 Å². The van der Waals surface area contributed by atoms with Gasteiger partial charge in [0.05, 0.1) is 24.7 Å². The zero-order valence-electron chi connectivity index (χ0n) is 17.5. The van der Waals surface area contributed by atoms with Crippen molar-refractivity contribution >= 4 is 58.1 Å². The largest absolute Gasteiger partial charge is 0.484 e. The topological polar surface area (TPSA) is 76.2 Å². The SMILES string of the molecule is O=C(COc1ccc(/C=C2\SC(=O)N(Cc3c(Cl)cccc3Cl)C2=O)cc1)N1CCOCC1. The molecule has 7 nitrogen and oxygen atoms in total. The number of halogens is 2. The van der Waals surface area contributed by atoms with Gasteiger partial charge in [-0.3, -0.25) is 19.3 Å². The number of rotatable bonds is 6. The van der Waals surface area contributed by atoms with Crippen molar-refractivity contribution in [3.8, 4) is 5.75 Å². The Labute approximate surface area is 205 Å². The molecule has 2 heterocycles. The van der Waals surface area contributed by atoms with Crippen molar-refractivity contribution in [1.82, 2.24) is 9.80 Å². The number of benzene rings is 2. The Balaban J connectivity index is 1.38. The molecular formula is C23H20Cl2N2O5S. The predicted octanol–water partition coefficient (Wildman–Crippen LogP) is 4.47. The molecule has 0 radical (unpaired) electrons. The van der Waals surface area contributed by atoms with Crippen LogP contribution in [0.15, 0.2) is 47.4 Å². The van der Waals surface area contributed by atoms with Crippen LogP contribution >= 0.6 is 35.0 Å². The number of thioether (sulfide) groups is 1. The molecular weight excluding hydrogens is 487 g/mol. The minimum atomic E-state index is -0.405. The number of carbonyl (C=O) groups is 3. The van der Waals surface area contributed by atoms with Crippen molar-refractivity contribution in [3.05, 3.63) is 68.5 Å². The Bertz CT molecular complexity index is 1080. The Hall–Kier alpha value is -2.52. The van der Waals surface area contributed by atoms with Gasteiger partial charge in [-0.2, -0.15) is 0 Å². The lowest BCUT2D eigenvalue weighted by Crippen LogP contribution is -2.42. The lowest BCUT2D eigenvalue weighted by molar-refractivity contribution is -0.137. The maximum Gasteiger partial charge on any atom is 0.293 e. The van der Waals surface area contributed by atoms with Gasteiger partial charge in [-0.25, -0.2) is 0 Å². The van der Waals surface area contributed by atoms with Crippen LogP contribution in [0.4, 0.5) is 4.79 Å². The Kier molecular flexibility index (Phi) is 7.60. The molecule has 172 valence electrons. The minimum Gasteiger partial charge on any atom is -0.484 e. The summed E-state index contributed by atoms with van der Waals surface area (Å²) in [6.07, 6.45) is 1.64. The average Bonchev–Trinajstić information content (AvgIpc) is 3.08. The van der Waals surface area contributed by atoms with Gasteiger partial charge in [0.15, 0.2) is 6.61 Å². The third-order valence-corrected chi connectivity index (χ3v) is 6.77. The molecule has 0 atom stereocenters. The second kappa shape index (κ2) is 10.6. The molecule has 3 amide bonds. The molecule has 2 aliphatic heterocycles. The van der Waals surface area contributed by atoms with Gasteiger partial charge in [-0.15, -0.1) is 0 Å². The van der Waals surface area contributed by atoms with Gasteiger partial charge >= 0.3 is 0 Å². The number of hydrogen-bond donors (Lipinski definition) is 0. The lowest BCUT2D eigenvalue weighted by atomic mass is 10.2. The number of imide groups is 1. The number of ether oxygens (including phenoxy) is 2. The Morgan fingerprint density at radius 2 is 1.73 bits per heavy atom. The molecule has 0 unspecified atom stereocenters. The molecule has 0 N–H and O–H groups in total. The first kappa shape index (κ1) is 23.6. The summed E-state index contributed by atoms with van der Waals surface area (Å²) in [6, 6.07) is 12.0. The van der Waals surface area contributed by atoms with Crippen molar-refractivity contribution in [2.45, 2.75) is 6.54 Å². The highest BCUT2D eigenvalue weighted by molar-refractivity contribution is 8.18. The van der Waals surface area contributed by atoms with Gasteiger partial charge < -0.3 is 14.4 Å². The highest BCUT2D eigenvalue weighted by atomic mass is 35.5. The molecule has 33 heavy (non-hydrogen) atoms. The van der Waals surface area contributed by atoms with E-state index in [4.69, 9.17) is 32.7 Å². The summed E-state index contributed by atoms with van der Waals surface area (Å²) in [5.41, 5.74) is 1.25. The van der Waals surface area contributed by atoms with Crippen LogP contribution in [0.3, 0.4) is 0 Å². The summed E-state index contributed by atoms with van der Waals surface area (Å²) in [7, 11) is 0. The molecule has 2 saturated heterocycles. The smallest absolute Gasteiger partial charge is 0.293 e. The highest BCUT2D eigenvalue weighted by Gasteiger charge is 2.35. The van der Waals surface area contributed by atoms with E-state index in [2.05, 4.69) is 0 Å². The fraction of sp³-hybridized carbons (Fsp3) is 0.261. The zero-order chi connectivity index (χ0) is 23.4. The maximum absolute atomic E-state index is 12.8. The van der Waals surface area contributed by atoms with Crippen LogP contribution < -0.4 is 4.74 Å². The van der Waals surface area contributed by atoms with Crippen molar-refractivity contribution in [2.24, 2.45) is 0 Å². The van der Waals surface area contributed by atoms with Crippen LogP contribution in [0.2, 0.25) is 10.0 Å². The van der Waals surface area contributed by atoms with Crippen LogP contribution in [-0.4, -0.2) is 59.8 Å². The van der Waals surface area contributed by atoms with Crippen LogP contribution in [0.1, 0.15) is 11.1 Å². The maximum atomic E-state index is 12.8. The molecule has 2 aliphatic rings. The lowest BCUT2D eigenvalue weighted by Gasteiger charge is -2.26. The van der Waals surface area contributed by atoms with E-state index in [1.54, 1.807) is 53.4 Å². The predicted molar refractivity (Wildman–Crippen MR) is 127 cm³/mol. The molecule has 0 bridgehead atoms. The van der Waals surface area contributed by atoms with E-state index in [-0.39, 0.29) is 24.3 Å². The summed E-state index contributed by atoms with van der Waals surface area (Å²) in [4.78, 5) is 40.5. The van der Waals surface area contributed by atoms with Crippen LogP contribution in [0.5, 0.6) is 5.75 Å². The average molecular weight is 507 g/mol. The van der Waals surface area contributed by atoms with Crippen LogP contribution in [-0.2, 0) is 20.9 Å². The second-order valence-electron chi connectivity index (χ2n) is 7.32.